The number of amides is 1. The summed E-state index contributed by atoms with van der Waals surface area (Å²) in [4.78, 5) is 26.9. The van der Waals surface area contributed by atoms with Crippen molar-refractivity contribution in [2.24, 2.45) is 0 Å². The summed E-state index contributed by atoms with van der Waals surface area (Å²) in [6.07, 6.45) is 0. The minimum atomic E-state index is -0.708. The molecule has 0 fully saturated rings. The Morgan fingerprint density at radius 2 is 1.79 bits per heavy atom. The van der Waals surface area contributed by atoms with E-state index in [0.29, 0.717) is 17.0 Å². The molecular weight excluding hydrogens is 438 g/mol. The van der Waals surface area contributed by atoms with Crippen molar-refractivity contribution >= 4 is 17.4 Å². The summed E-state index contributed by atoms with van der Waals surface area (Å²) in [5.74, 6) is 0.464. The van der Waals surface area contributed by atoms with Crippen molar-refractivity contribution in [1.82, 2.24) is 4.98 Å². The Morgan fingerprint density at radius 1 is 1.06 bits per heavy atom. The van der Waals surface area contributed by atoms with Crippen LogP contribution in [0.25, 0.3) is 11.1 Å². The highest BCUT2D eigenvalue weighted by atomic mass is 16.5. The zero-order valence-corrected chi connectivity index (χ0v) is 18.5. The van der Waals surface area contributed by atoms with Gasteiger partial charge in [0.25, 0.3) is 11.5 Å². The van der Waals surface area contributed by atoms with Crippen molar-refractivity contribution in [2.75, 3.05) is 31.4 Å². The van der Waals surface area contributed by atoms with Crippen LogP contribution < -0.4 is 30.8 Å². The minimum absolute atomic E-state index is 0.0385. The predicted molar refractivity (Wildman–Crippen MR) is 125 cm³/mol. The molecule has 1 heterocycles. The molecule has 0 saturated heterocycles. The number of methoxy groups -OCH3 is 1. The lowest BCUT2D eigenvalue weighted by atomic mass is 9.96. The molecule has 2 aromatic carbocycles. The number of pyridine rings is 1. The predicted octanol–water partition coefficient (Wildman–Crippen LogP) is 2.79. The fourth-order valence-corrected chi connectivity index (χ4v) is 3.26. The van der Waals surface area contributed by atoms with Gasteiger partial charge in [-0.1, -0.05) is 18.2 Å². The molecule has 0 bridgehead atoms. The number of nitrogens with zero attached hydrogens (tertiary/aromatic N) is 2. The monoisotopic (exact) mass is 459 g/mol. The van der Waals surface area contributed by atoms with Gasteiger partial charge in [-0.15, -0.1) is 0 Å². The summed E-state index contributed by atoms with van der Waals surface area (Å²) in [5.41, 5.74) is 5.74. The second kappa shape index (κ2) is 10.6. The van der Waals surface area contributed by atoms with Crippen LogP contribution in [-0.2, 0) is 4.79 Å². The number of nitrogen functional groups attached to an aromatic ring is 1. The highest BCUT2D eigenvalue weighted by Crippen LogP contribution is 2.36. The van der Waals surface area contributed by atoms with Crippen LogP contribution >= 0.6 is 0 Å². The molecular formula is C24H21N5O5. The molecule has 0 saturated carbocycles. The molecule has 0 unspecified atom stereocenters. The number of nitriles is 2. The summed E-state index contributed by atoms with van der Waals surface area (Å²) in [6, 6.07) is 15.3. The third-order valence-electron chi connectivity index (χ3n) is 4.74. The maximum Gasteiger partial charge on any atom is 0.268 e. The van der Waals surface area contributed by atoms with Crippen LogP contribution in [0.3, 0.4) is 0 Å². The van der Waals surface area contributed by atoms with E-state index in [0.717, 1.165) is 0 Å². The smallest absolute Gasteiger partial charge is 0.268 e. The van der Waals surface area contributed by atoms with Crippen LogP contribution in [0.1, 0.15) is 18.1 Å². The first-order valence-corrected chi connectivity index (χ1v) is 10.1. The molecule has 172 valence electrons. The zero-order chi connectivity index (χ0) is 24.7. The van der Waals surface area contributed by atoms with E-state index >= 15 is 0 Å². The molecule has 34 heavy (non-hydrogen) atoms. The molecule has 0 aliphatic carbocycles. The van der Waals surface area contributed by atoms with E-state index in [9.17, 15) is 20.1 Å². The number of rotatable bonds is 8. The fourth-order valence-electron chi connectivity index (χ4n) is 3.26. The Hall–Kier alpha value is -4.96. The maximum atomic E-state index is 12.4. The molecule has 10 nitrogen and oxygen atoms in total. The van der Waals surface area contributed by atoms with Crippen molar-refractivity contribution in [2.45, 2.75) is 6.92 Å². The van der Waals surface area contributed by atoms with E-state index in [1.54, 1.807) is 37.3 Å². The van der Waals surface area contributed by atoms with Crippen molar-refractivity contribution in [3.63, 3.8) is 0 Å². The zero-order valence-electron chi connectivity index (χ0n) is 18.5. The minimum Gasteiger partial charge on any atom is -0.495 e. The molecule has 0 spiro atoms. The average molecular weight is 459 g/mol. The first-order chi connectivity index (χ1) is 16.4. The van der Waals surface area contributed by atoms with Crippen molar-refractivity contribution in [3.8, 4) is 40.5 Å². The summed E-state index contributed by atoms with van der Waals surface area (Å²) in [5, 5.41) is 21.7. The van der Waals surface area contributed by atoms with Gasteiger partial charge in [-0.2, -0.15) is 10.5 Å². The van der Waals surface area contributed by atoms with Crippen LogP contribution in [0, 0.1) is 22.7 Å². The van der Waals surface area contributed by atoms with Gasteiger partial charge in [0.05, 0.1) is 19.4 Å². The number of hydrogen-bond acceptors (Lipinski definition) is 8. The molecule has 3 rings (SSSR count). The molecule has 3 aromatic rings. The number of nitrogens with one attached hydrogen (secondary N) is 2. The van der Waals surface area contributed by atoms with Crippen LogP contribution in [0.15, 0.2) is 47.3 Å². The largest absolute Gasteiger partial charge is 0.495 e. The second-order valence-electron chi connectivity index (χ2n) is 6.85. The molecule has 10 heteroatoms. The fraction of sp³-hybridized carbons (Fsp3) is 0.167. The van der Waals surface area contributed by atoms with Crippen molar-refractivity contribution < 1.29 is 19.0 Å². The SMILES string of the molecule is CCOc1cc(-c2c(C#N)c(N)[nH]c(=O)c2C#N)ccc1OCC(=O)Nc1ccccc1OC. The Kier molecular flexibility index (Phi) is 7.37. The van der Waals surface area contributed by atoms with Gasteiger partial charge in [-0.3, -0.25) is 9.59 Å². The first-order valence-electron chi connectivity index (χ1n) is 10.1. The van der Waals surface area contributed by atoms with Crippen molar-refractivity contribution in [3.05, 3.63) is 63.9 Å². The molecule has 4 N–H and O–H groups in total. The Labute approximate surface area is 195 Å². The van der Waals surface area contributed by atoms with Gasteiger partial charge in [0.1, 0.15) is 34.8 Å². The highest BCUT2D eigenvalue weighted by molar-refractivity contribution is 5.93. The number of anilines is 2. The van der Waals surface area contributed by atoms with E-state index in [1.165, 1.54) is 19.2 Å². The van der Waals surface area contributed by atoms with E-state index in [4.69, 9.17) is 19.9 Å². The summed E-state index contributed by atoms with van der Waals surface area (Å²) in [7, 11) is 1.50. The molecule has 0 aliphatic heterocycles. The first kappa shape index (κ1) is 23.7. The topological polar surface area (TPSA) is 163 Å². The number of carbonyl (C=O) groups excluding carboxylic acids is 1. The average Bonchev–Trinajstić information content (AvgIpc) is 2.83. The second-order valence-corrected chi connectivity index (χ2v) is 6.85. The Balaban J connectivity index is 1.90. The number of carbonyl (C=O) groups is 1. The van der Waals surface area contributed by atoms with Crippen LogP contribution in [0.2, 0.25) is 0 Å². The Bertz CT molecular complexity index is 1370. The number of H-pyrrole nitrogens is 1. The lowest BCUT2D eigenvalue weighted by Crippen LogP contribution is -2.20. The molecule has 0 aliphatic rings. The van der Waals surface area contributed by atoms with Gasteiger partial charge in [0.2, 0.25) is 0 Å². The van der Waals surface area contributed by atoms with Gasteiger partial charge in [0, 0.05) is 5.56 Å². The third-order valence-corrected chi connectivity index (χ3v) is 4.74. The lowest BCUT2D eigenvalue weighted by Gasteiger charge is -2.15. The lowest BCUT2D eigenvalue weighted by molar-refractivity contribution is -0.118. The van der Waals surface area contributed by atoms with Crippen LogP contribution in [0.5, 0.6) is 17.2 Å². The van der Waals surface area contributed by atoms with Gasteiger partial charge >= 0.3 is 0 Å². The quantitative estimate of drug-likeness (QED) is 0.463. The molecule has 0 atom stereocenters. The van der Waals surface area contributed by atoms with E-state index in [2.05, 4.69) is 10.3 Å². The highest BCUT2D eigenvalue weighted by Gasteiger charge is 2.20. The number of aromatic nitrogens is 1. The van der Waals surface area contributed by atoms with Gasteiger partial charge in [-0.05, 0) is 36.8 Å². The number of nitrogens with two attached hydrogens (primary N) is 1. The molecule has 1 amide bonds. The van der Waals surface area contributed by atoms with Crippen molar-refractivity contribution in [1.29, 1.82) is 10.5 Å². The van der Waals surface area contributed by atoms with E-state index < -0.39 is 11.5 Å². The van der Waals surface area contributed by atoms with E-state index in [1.807, 2.05) is 12.1 Å². The number of benzene rings is 2. The van der Waals surface area contributed by atoms with Gasteiger partial charge in [-0.25, -0.2) is 0 Å². The van der Waals surface area contributed by atoms with Gasteiger partial charge < -0.3 is 30.2 Å². The standard InChI is InChI=1S/C24H21N5O5/c1-3-33-20-10-14(22-15(11-25)23(27)29-24(31)16(22)12-26)8-9-19(20)34-13-21(30)28-17-6-4-5-7-18(17)32-2/h4-10H,3,13H2,1-2H3,(H,28,30)(H3,27,29,31). The summed E-state index contributed by atoms with van der Waals surface area (Å²) < 4.78 is 16.5. The summed E-state index contributed by atoms with van der Waals surface area (Å²) in [6.45, 7) is 1.72. The number of ether oxygens (including phenoxy) is 3. The third kappa shape index (κ3) is 4.92. The number of hydrogen-bond donors (Lipinski definition) is 3. The van der Waals surface area contributed by atoms with E-state index in [-0.39, 0.29) is 47.2 Å². The maximum absolute atomic E-state index is 12.4. The van der Waals surface area contributed by atoms with Crippen LogP contribution in [0.4, 0.5) is 11.5 Å². The molecule has 0 radical (unpaired) electrons. The number of aromatic amines is 1. The van der Waals surface area contributed by atoms with Gasteiger partial charge in [0.15, 0.2) is 18.1 Å². The Morgan fingerprint density at radius 3 is 2.47 bits per heavy atom. The molecule has 1 aromatic heterocycles. The normalized spacial score (nSPS) is 10.0. The van der Waals surface area contributed by atoms with Crippen LogP contribution in [-0.4, -0.2) is 31.2 Å². The number of para-hydroxylation sites is 2. The summed E-state index contributed by atoms with van der Waals surface area (Å²) >= 11 is 0.